The molecule has 0 radical (unpaired) electrons. The Morgan fingerprint density at radius 1 is 1.46 bits per heavy atom. The third-order valence-electron chi connectivity index (χ3n) is 1.12. The van der Waals surface area contributed by atoms with Gasteiger partial charge in [0, 0.05) is 0 Å². The van der Waals surface area contributed by atoms with Gasteiger partial charge in [-0.25, -0.2) is 4.79 Å². The van der Waals surface area contributed by atoms with E-state index in [0.717, 1.165) is 0 Å². The van der Waals surface area contributed by atoms with Crippen molar-refractivity contribution in [3.8, 4) is 12.3 Å². The standard InChI is InChI=1S/C8H12O5/c1-2-3-12-4-5-13-6-7(9)8(10)11/h1,7,9H,3-6H2,(H,10,11). The summed E-state index contributed by atoms with van der Waals surface area (Å²) in [6, 6.07) is 0. The molecule has 5 nitrogen and oxygen atoms in total. The highest BCUT2D eigenvalue weighted by atomic mass is 16.5. The van der Waals surface area contributed by atoms with Crippen molar-refractivity contribution in [1.82, 2.24) is 0 Å². The molecule has 0 saturated heterocycles. The average Bonchev–Trinajstić information content (AvgIpc) is 2.10. The van der Waals surface area contributed by atoms with Gasteiger partial charge in [0.1, 0.15) is 6.61 Å². The van der Waals surface area contributed by atoms with Crippen LogP contribution in [-0.4, -0.2) is 48.7 Å². The van der Waals surface area contributed by atoms with Crippen LogP contribution in [0.15, 0.2) is 0 Å². The van der Waals surface area contributed by atoms with Gasteiger partial charge in [0.05, 0.1) is 19.8 Å². The lowest BCUT2D eigenvalue weighted by Crippen LogP contribution is -2.26. The van der Waals surface area contributed by atoms with Gasteiger partial charge in [0.15, 0.2) is 6.10 Å². The third-order valence-corrected chi connectivity index (χ3v) is 1.12. The van der Waals surface area contributed by atoms with Gasteiger partial charge in [-0.1, -0.05) is 5.92 Å². The second-order valence-corrected chi connectivity index (χ2v) is 2.19. The van der Waals surface area contributed by atoms with Gasteiger partial charge >= 0.3 is 5.97 Å². The molecule has 0 aromatic rings. The number of ether oxygens (including phenoxy) is 2. The summed E-state index contributed by atoms with van der Waals surface area (Å²) in [6.45, 7) is 0.460. The number of rotatable bonds is 7. The molecule has 0 fully saturated rings. The van der Waals surface area contributed by atoms with E-state index < -0.39 is 12.1 Å². The first kappa shape index (κ1) is 11.9. The zero-order chi connectivity index (χ0) is 10.1. The number of terminal acetylenes is 1. The maximum absolute atomic E-state index is 10.1. The predicted octanol–water partition coefficient (Wildman–Crippen LogP) is -0.902. The molecule has 1 atom stereocenters. The molecule has 74 valence electrons. The number of carbonyl (C=O) groups is 1. The fourth-order valence-corrected chi connectivity index (χ4v) is 0.515. The van der Waals surface area contributed by atoms with E-state index in [0.29, 0.717) is 0 Å². The minimum Gasteiger partial charge on any atom is -0.479 e. The molecule has 0 amide bonds. The lowest BCUT2D eigenvalue weighted by molar-refractivity contribution is -0.150. The van der Waals surface area contributed by atoms with Crippen LogP contribution in [0, 0.1) is 12.3 Å². The molecule has 2 N–H and O–H groups in total. The summed E-state index contributed by atoms with van der Waals surface area (Å²) in [5, 5.41) is 17.0. The second kappa shape index (κ2) is 7.55. The summed E-state index contributed by atoms with van der Waals surface area (Å²) in [5.74, 6) is 0.963. The third kappa shape index (κ3) is 7.28. The van der Waals surface area contributed by atoms with Crippen LogP contribution >= 0.6 is 0 Å². The van der Waals surface area contributed by atoms with Gasteiger partial charge in [-0.2, -0.15) is 0 Å². The van der Waals surface area contributed by atoms with Crippen molar-refractivity contribution in [2.45, 2.75) is 6.10 Å². The Bertz CT molecular complexity index is 183. The van der Waals surface area contributed by atoms with E-state index in [9.17, 15) is 4.79 Å². The summed E-state index contributed by atoms with van der Waals surface area (Å²) in [7, 11) is 0. The number of carboxylic acid groups (broad SMARTS) is 1. The Balaban J connectivity index is 3.17. The number of aliphatic carboxylic acids is 1. The van der Waals surface area contributed by atoms with E-state index >= 15 is 0 Å². The molecule has 0 saturated carbocycles. The quantitative estimate of drug-likeness (QED) is 0.400. The maximum Gasteiger partial charge on any atom is 0.334 e. The van der Waals surface area contributed by atoms with Gasteiger partial charge in [-0.3, -0.25) is 0 Å². The highest BCUT2D eigenvalue weighted by Gasteiger charge is 2.12. The molecule has 0 spiro atoms. The van der Waals surface area contributed by atoms with E-state index in [1.54, 1.807) is 0 Å². The largest absolute Gasteiger partial charge is 0.479 e. The Kier molecular flexibility index (Phi) is 6.92. The molecule has 0 heterocycles. The molecule has 0 aromatic carbocycles. The normalized spacial score (nSPS) is 12.0. The highest BCUT2D eigenvalue weighted by Crippen LogP contribution is 1.85. The summed E-state index contributed by atoms with van der Waals surface area (Å²) in [4.78, 5) is 10.1. The molecule has 0 rings (SSSR count). The van der Waals surface area contributed by atoms with E-state index in [1.807, 2.05) is 0 Å². The first-order valence-corrected chi connectivity index (χ1v) is 3.68. The molecule has 5 heteroatoms. The van der Waals surface area contributed by atoms with Gasteiger partial charge in [0.25, 0.3) is 0 Å². The Morgan fingerprint density at radius 3 is 2.62 bits per heavy atom. The molecular weight excluding hydrogens is 176 g/mol. The van der Waals surface area contributed by atoms with Crippen molar-refractivity contribution in [2.24, 2.45) is 0 Å². The predicted molar refractivity (Wildman–Crippen MR) is 44.1 cm³/mol. The fraction of sp³-hybridized carbons (Fsp3) is 0.625. The second-order valence-electron chi connectivity index (χ2n) is 2.19. The summed E-state index contributed by atoms with van der Waals surface area (Å²) < 4.78 is 9.61. The van der Waals surface area contributed by atoms with Crippen molar-refractivity contribution in [2.75, 3.05) is 26.4 Å². The molecular formula is C8H12O5. The summed E-state index contributed by atoms with van der Waals surface area (Å²) in [5.41, 5.74) is 0. The van der Waals surface area contributed by atoms with Crippen molar-refractivity contribution in [3.63, 3.8) is 0 Å². The van der Waals surface area contributed by atoms with Gasteiger partial charge < -0.3 is 19.7 Å². The topological polar surface area (TPSA) is 76.0 Å². The van der Waals surface area contributed by atoms with Crippen molar-refractivity contribution >= 4 is 5.97 Å². The van der Waals surface area contributed by atoms with Crippen LogP contribution in [0.25, 0.3) is 0 Å². The van der Waals surface area contributed by atoms with Crippen LogP contribution in [0.1, 0.15) is 0 Å². The first-order chi connectivity index (χ1) is 6.18. The number of hydrogen-bond acceptors (Lipinski definition) is 4. The van der Waals surface area contributed by atoms with Crippen molar-refractivity contribution in [1.29, 1.82) is 0 Å². The zero-order valence-electron chi connectivity index (χ0n) is 7.10. The van der Waals surface area contributed by atoms with Crippen LogP contribution in [0.4, 0.5) is 0 Å². The van der Waals surface area contributed by atoms with Gasteiger partial charge in [-0.15, -0.1) is 6.42 Å². The number of carboxylic acids is 1. The molecule has 0 aromatic heterocycles. The molecule has 13 heavy (non-hydrogen) atoms. The summed E-state index contributed by atoms with van der Waals surface area (Å²) >= 11 is 0. The number of aliphatic hydroxyl groups is 1. The van der Waals surface area contributed by atoms with E-state index in [1.165, 1.54) is 0 Å². The smallest absolute Gasteiger partial charge is 0.334 e. The van der Waals surface area contributed by atoms with Gasteiger partial charge in [0.2, 0.25) is 0 Å². The van der Waals surface area contributed by atoms with Crippen LogP contribution in [0.2, 0.25) is 0 Å². The van der Waals surface area contributed by atoms with E-state index in [2.05, 4.69) is 5.92 Å². The number of hydrogen-bond donors (Lipinski definition) is 2. The van der Waals surface area contributed by atoms with Gasteiger partial charge in [-0.05, 0) is 0 Å². The van der Waals surface area contributed by atoms with Crippen LogP contribution in [-0.2, 0) is 14.3 Å². The Morgan fingerprint density at radius 2 is 2.08 bits per heavy atom. The minimum atomic E-state index is -1.48. The Labute approximate surface area is 76.3 Å². The Hall–Kier alpha value is -1.09. The molecule has 0 aliphatic heterocycles. The molecule has 1 unspecified atom stereocenters. The monoisotopic (exact) mass is 188 g/mol. The maximum atomic E-state index is 10.1. The molecule has 0 aliphatic carbocycles. The van der Waals surface area contributed by atoms with Crippen LogP contribution in [0.3, 0.4) is 0 Å². The minimum absolute atomic E-state index is 0.199. The van der Waals surface area contributed by atoms with E-state index in [-0.39, 0.29) is 26.4 Å². The average molecular weight is 188 g/mol. The fourth-order valence-electron chi connectivity index (χ4n) is 0.515. The summed E-state index contributed by atoms with van der Waals surface area (Å²) in [6.07, 6.45) is 3.42. The van der Waals surface area contributed by atoms with Crippen molar-refractivity contribution < 1.29 is 24.5 Å². The SMILES string of the molecule is C#CCOCCOCC(O)C(=O)O. The highest BCUT2D eigenvalue weighted by molar-refractivity contribution is 5.71. The number of aliphatic hydroxyl groups excluding tert-OH is 1. The van der Waals surface area contributed by atoms with E-state index in [4.69, 9.17) is 26.1 Å². The molecule has 0 aliphatic rings. The van der Waals surface area contributed by atoms with Crippen LogP contribution in [0.5, 0.6) is 0 Å². The molecule has 0 bridgehead atoms. The lowest BCUT2D eigenvalue weighted by Gasteiger charge is -2.06. The zero-order valence-corrected chi connectivity index (χ0v) is 7.10. The van der Waals surface area contributed by atoms with Crippen LogP contribution < -0.4 is 0 Å². The lowest BCUT2D eigenvalue weighted by atomic mass is 10.4. The first-order valence-electron chi connectivity index (χ1n) is 3.68. The van der Waals surface area contributed by atoms with Crippen molar-refractivity contribution in [3.05, 3.63) is 0 Å².